The van der Waals surface area contributed by atoms with Crippen LogP contribution in [0.25, 0.3) is 11.4 Å². The van der Waals surface area contributed by atoms with E-state index in [0.717, 1.165) is 10.5 Å². The lowest BCUT2D eigenvalue weighted by Gasteiger charge is -2.13. The van der Waals surface area contributed by atoms with E-state index in [4.69, 9.17) is 0 Å². The molecule has 2 aromatic carbocycles. The van der Waals surface area contributed by atoms with Crippen LogP contribution >= 0.6 is 0 Å². The first-order chi connectivity index (χ1) is 11.1. The summed E-state index contributed by atoms with van der Waals surface area (Å²) in [7, 11) is 1.97. The van der Waals surface area contributed by atoms with Crippen molar-refractivity contribution in [2.24, 2.45) is 0 Å². The zero-order valence-electron chi connectivity index (χ0n) is 13.2. The lowest BCUT2D eigenvalue weighted by Crippen LogP contribution is -3.07. The van der Waals surface area contributed by atoms with Crippen molar-refractivity contribution in [2.45, 2.75) is 20.1 Å². The van der Waals surface area contributed by atoms with Crippen molar-refractivity contribution < 1.29 is 9.29 Å². The number of aromatic nitrogens is 4. The van der Waals surface area contributed by atoms with Crippen LogP contribution in [0.4, 0.5) is 4.39 Å². The van der Waals surface area contributed by atoms with Gasteiger partial charge in [-0.1, -0.05) is 48.0 Å². The molecule has 1 heterocycles. The number of hydrogen-bond acceptors (Lipinski definition) is 3. The Morgan fingerprint density at radius 1 is 1.09 bits per heavy atom. The third kappa shape index (κ3) is 3.78. The van der Waals surface area contributed by atoms with Gasteiger partial charge in [-0.3, -0.25) is 0 Å². The van der Waals surface area contributed by atoms with E-state index in [1.807, 2.05) is 44.3 Å². The van der Waals surface area contributed by atoms with E-state index in [9.17, 15) is 4.39 Å². The molecule has 1 N–H and O–H groups in total. The Balaban J connectivity index is 1.67. The van der Waals surface area contributed by atoms with Gasteiger partial charge in [0.2, 0.25) is 5.82 Å². The van der Waals surface area contributed by atoms with Crippen LogP contribution in [0, 0.1) is 12.7 Å². The second kappa shape index (κ2) is 6.66. The van der Waals surface area contributed by atoms with Gasteiger partial charge in [-0.25, -0.2) is 4.39 Å². The van der Waals surface area contributed by atoms with E-state index in [2.05, 4.69) is 15.4 Å². The van der Waals surface area contributed by atoms with Crippen LogP contribution in [0.1, 0.15) is 11.1 Å². The number of hydrogen-bond donors (Lipinski definition) is 1. The van der Waals surface area contributed by atoms with Crippen molar-refractivity contribution >= 4 is 0 Å². The average Bonchev–Trinajstić information content (AvgIpc) is 2.98. The molecule has 5 nitrogen and oxygen atoms in total. The van der Waals surface area contributed by atoms with Gasteiger partial charge in [-0.2, -0.15) is 0 Å². The zero-order chi connectivity index (χ0) is 16.2. The van der Waals surface area contributed by atoms with Crippen LogP contribution in [0.5, 0.6) is 0 Å². The van der Waals surface area contributed by atoms with Gasteiger partial charge < -0.3 is 4.90 Å². The molecule has 0 spiro atoms. The first-order valence-corrected chi connectivity index (χ1v) is 7.51. The zero-order valence-corrected chi connectivity index (χ0v) is 13.2. The highest BCUT2D eigenvalue weighted by molar-refractivity contribution is 5.53. The topological polar surface area (TPSA) is 48.0 Å². The smallest absolute Gasteiger partial charge is 0.205 e. The van der Waals surface area contributed by atoms with Gasteiger partial charge in [0.1, 0.15) is 12.4 Å². The Hall–Kier alpha value is -2.60. The van der Waals surface area contributed by atoms with Gasteiger partial charge >= 0.3 is 0 Å². The molecule has 0 aliphatic rings. The molecule has 0 amide bonds. The van der Waals surface area contributed by atoms with Crippen molar-refractivity contribution in [1.82, 2.24) is 20.2 Å². The highest BCUT2D eigenvalue weighted by atomic mass is 19.1. The number of aryl methyl sites for hydroxylation is 1. The summed E-state index contributed by atoms with van der Waals surface area (Å²) in [5.41, 5.74) is 2.81. The molecule has 0 fully saturated rings. The number of tetrazole rings is 1. The highest BCUT2D eigenvalue weighted by Crippen LogP contribution is 2.13. The van der Waals surface area contributed by atoms with Crippen LogP contribution in [0.3, 0.4) is 0 Å². The molecular weight excluding hydrogens is 293 g/mol. The quantitative estimate of drug-likeness (QED) is 0.776. The fourth-order valence-electron chi connectivity index (χ4n) is 2.39. The van der Waals surface area contributed by atoms with Crippen LogP contribution in [-0.2, 0) is 13.2 Å². The fourth-order valence-corrected chi connectivity index (χ4v) is 2.39. The molecule has 6 heteroatoms. The Bertz CT molecular complexity index is 782. The molecule has 0 aliphatic carbocycles. The number of rotatable bonds is 5. The van der Waals surface area contributed by atoms with Gasteiger partial charge in [-0.05, 0) is 18.2 Å². The predicted molar refractivity (Wildman–Crippen MR) is 85.0 cm³/mol. The molecular formula is C17H19FN5+. The maximum atomic E-state index is 13.7. The van der Waals surface area contributed by atoms with Gasteiger partial charge in [0.15, 0.2) is 6.67 Å². The molecule has 118 valence electrons. The lowest BCUT2D eigenvalue weighted by molar-refractivity contribution is -0.918. The summed E-state index contributed by atoms with van der Waals surface area (Å²) in [6, 6.07) is 14.8. The van der Waals surface area contributed by atoms with E-state index < -0.39 is 0 Å². The summed E-state index contributed by atoms with van der Waals surface area (Å²) in [6.07, 6.45) is 0. The monoisotopic (exact) mass is 312 g/mol. The molecule has 3 rings (SSSR count). The molecule has 1 unspecified atom stereocenters. The highest BCUT2D eigenvalue weighted by Gasteiger charge is 2.11. The molecule has 0 bridgehead atoms. The molecule has 0 aliphatic heterocycles. The molecule has 23 heavy (non-hydrogen) atoms. The summed E-state index contributed by atoms with van der Waals surface area (Å²) in [4.78, 5) is 2.62. The SMILES string of the molecule is Cc1ccc(-c2nnn(C[NH+](C)Cc3ccccc3F)n2)cc1. The van der Waals surface area contributed by atoms with Crippen molar-refractivity contribution in [3.05, 3.63) is 65.5 Å². The third-order valence-electron chi connectivity index (χ3n) is 3.62. The number of nitrogens with zero attached hydrogens (tertiary/aromatic N) is 4. The molecule has 0 saturated carbocycles. The van der Waals surface area contributed by atoms with Gasteiger partial charge in [0, 0.05) is 11.1 Å². The Kier molecular flexibility index (Phi) is 4.43. The molecule has 0 saturated heterocycles. The van der Waals surface area contributed by atoms with E-state index in [0.29, 0.717) is 24.6 Å². The van der Waals surface area contributed by atoms with E-state index >= 15 is 0 Å². The van der Waals surface area contributed by atoms with Crippen LogP contribution in [-0.4, -0.2) is 27.3 Å². The summed E-state index contributed by atoms with van der Waals surface area (Å²) in [5.74, 6) is 0.419. The standard InChI is InChI=1S/C17H18FN5/c1-13-7-9-14(10-8-13)17-19-21-23(20-17)12-22(2)11-15-5-3-4-6-16(15)18/h3-10H,11-12H2,1-2H3/p+1. The maximum absolute atomic E-state index is 13.7. The van der Waals surface area contributed by atoms with Gasteiger partial charge in [-0.15, -0.1) is 15.0 Å². The summed E-state index contributed by atoms with van der Waals surface area (Å²) >= 11 is 0. The average molecular weight is 312 g/mol. The number of nitrogens with one attached hydrogen (secondary N) is 1. The van der Waals surface area contributed by atoms with Gasteiger partial charge in [0.05, 0.1) is 7.05 Å². The maximum Gasteiger partial charge on any atom is 0.205 e. The number of benzene rings is 2. The van der Waals surface area contributed by atoms with Crippen LogP contribution < -0.4 is 4.90 Å². The minimum absolute atomic E-state index is 0.182. The largest absolute Gasteiger partial charge is 0.314 e. The minimum atomic E-state index is -0.182. The summed E-state index contributed by atoms with van der Waals surface area (Å²) < 4.78 is 13.7. The second-order valence-electron chi connectivity index (χ2n) is 5.73. The Labute approximate surface area is 134 Å². The van der Waals surface area contributed by atoms with Crippen molar-refractivity contribution in [3.8, 4) is 11.4 Å². The van der Waals surface area contributed by atoms with Crippen molar-refractivity contribution in [2.75, 3.05) is 7.05 Å². The Morgan fingerprint density at radius 2 is 1.83 bits per heavy atom. The molecule has 0 radical (unpaired) electrons. The summed E-state index contributed by atoms with van der Waals surface area (Å²) in [6.45, 7) is 3.12. The number of quaternary nitrogens is 1. The van der Waals surface area contributed by atoms with E-state index in [1.54, 1.807) is 16.9 Å². The molecule has 1 atom stereocenters. The van der Waals surface area contributed by atoms with Crippen LogP contribution in [0.15, 0.2) is 48.5 Å². The normalized spacial score (nSPS) is 12.3. The summed E-state index contributed by atoms with van der Waals surface area (Å²) in [5, 5.41) is 12.6. The predicted octanol–water partition coefficient (Wildman–Crippen LogP) is 1.46. The molecule has 3 aromatic rings. The second-order valence-corrected chi connectivity index (χ2v) is 5.73. The first-order valence-electron chi connectivity index (χ1n) is 7.51. The van der Waals surface area contributed by atoms with E-state index in [1.165, 1.54) is 11.6 Å². The Morgan fingerprint density at radius 3 is 2.57 bits per heavy atom. The fraction of sp³-hybridized carbons (Fsp3) is 0.235. The van der Waals surface area contributed by atoms with E-state index in [-0.39, 0.29) is 5.82 Å². The lowest BCUT2D eigenvalue weighted by atomic mass is 10.1. The molecule has 1 aromatic heterocycles. The van der Waals surface area contributed by atoms with Crippen molar-refractivity contribution in [1.29, 1.82) is 0 Å². The van der Waals surface area contributed by atoms with Crippen molar-refractivity contribution in [3.63, 3.8) is 0 Å². The number of halogens is 1. The minimum Gasteiger partial charge on any atom is -0.314 e. The van der Waals surface area contributed by atoms with Crippen LogP contribution in [0.2, 0.25) is 0 Å². The third-order valence-corrected chi connectivity index (χ3v) is 3.62. The van der Waals surface area contributed by atoms with Gasteiger partial charge in [0.25, 0.3) is 0 Å². The first kappa shape index (κ1) is 15.3.